The Morgan fingerprint density at radius 3 is 2.79 bits per heavy atom. The van der Waals surface area contributed by atoms with Gasteiger partial charge >= 0.3 is 0 Å². The number of para-hydroxylation sites is 1. The van der Waals surface area contributed by atoms with Gasteiger partial charge in [-0.05, 0) is 49.7 Å². The van der Waals surface area contributed by atoms with Crippen LogP contribution in [0, 0.1) is 6.92 Å². The number of hydrogen-bond acceptors (Lipinski definition) is 4. The lowest BCUT2D eigenvalue weighted by Gasteiger charge is -2.07. The third-order valence-corrected chi connectivity index (χ3v) is 3.54. The van der Waals surface area contributed by atoms with Crippen LogP contribution in [0.2, 0.25) is 5.02 Å². The summed E-state index contributed by atoms with van der Waals surface area (Å²) in [5.41, 5.74) is 4.10. The monoisotopic (exact) mass is 346 g/mol. The van der Waals surface area contributed by atoms with Crippen molar-refractivity contribution >= 4 is 23.7 Å². The summed E-state index contributed by atoms with van der Waals surface area (Å²) in [5, 5.41) is 4.58. The van der Waals surface area contributed by atoms with E-state index in [4.69, 9.17) is 21.1 Å². The van der Waals surface area contributed by atoms with E-state index >= 15 is 0 Å². The third-order valence-electron chi connectivity index (χ3n) is 3.11. The first-order chi connectivity index (χ1) is 11.6. The van der Waals surface area contributed by atoms with Gasteiger partial charge in [0.25, 0.3) is 5.91 Å². The minimum atomic E-state index is -0.354. The Morgan fingerprint density at radius 2 is 2.04 bits per heavy atom. The molecule has 2 rings (SSSR count). The van der Waals surface area contributed by atoms with Crippen LogP contribution in [0.5, 0.6) is 11.5 Å². The minimum absolute atomic E-state index is 0.133. The van der Waals surface area contributed by atoms with Gasteiger partial charge in [0.05, 0.1) is 12.8 Å². The van der Waals surface area contributed by atoms with Crippen LogP contribution >= 0.6 is 11.6 Å². The van der Waals surface area contributed by atoms with Gasteiger partial charge in [0.1, 0.15) is 11.5 Å². The summed E-state index contributed by atoms with van der Waals surface area (Å²) >= 11 is 5.94. The molecule has 6 heteroatoms. The van der Waals surface area contributed by atoms with Gasteiger partial charge in [-0.15, -0.1) is 0 Å². The molecule has 0 aliphatic carbocycles. The van der Waals surface area contributed by atoms with Crippen molar-refractivity contribution in [3.8, 4) is 11.5 Å². The summed E-state index contributed by atoms with van der Waals surface area (Å²) in [6, 6.07) is 12.7. The van der Waals surface area contributed by atoms with E-state index in [0.717, 1.165) is 11.1 Å². The van der Waals surface area contributed by atoms with E-state index in [0.29, 0.717) is 23.1 Å². The molecular formula is C18H19ClN2O3. The number of halogens is 1. The standard InChI is InChI=1S/C18H19ClN2O3/c1-3-23-17-7-5-4-6-14(17)11-20-21-18(22)12-24-15-8-9-16(19)13(2)10-15/h4-11H,3,12H2,1-2H3,(H,21,22)/b20-11+. The van der Waals surface area contributed by atoms with Crippen LogP contribution in [0.25, 0.3) is 0 Å². The Labute approximate surface area is 146 Å². The zero-order valence-electron chi connectivity index (χ0n) is 13.6. The number of amides is 1. The normalized spacial score (nSPS) is 10.6. The van der Waals surface area contributed by atoms with Crippen molar-refractivity contribution in [2.45, 2.75) is 13.8 Å². The van der Waals surface area contributed by atoms with Crippen LogP contribution in [0.4, 0.5) is 0 Å². The molecule has 1 N–H and O–H groups in total. The highest BCUT2D eigenvalue weighted by atomic mass is 35.5. The molecule has 0 fully saturated rings. The van der Waals surface area contributed by atoms with E-state index in [1.165, 1.54) is 6.21 Å². The smallest absolute Gasteiger partial charge is 0.277 e. The van der Waals surface area contributed by atoms with Gasteiger partial charge < -0.3 is 9.47 Å². The maximum atomic E-state index is 11.8. The molecular weight excluding hydrogens is 328 g/mol. The molecule has 126 valence electrons. The molecule has 0 saturated heterocycles. The second kappa shape index (κ2) is 8.93. The number of carbonyl (C=O) groups is 1. The lowest BCUT2D eigenvalue weighted by Crippen LogP contribution is -2.24. The van der Waals surface area contributed by atoms with Crippen LogP contribution in [0.1, 0.15) is 18.1 Å². The Hall–Kier alpha value is -2.53. The quantitative estimate of drug-likeness (QED) is 0.615. The van der Waals surface area contributed by atoms with Crippen molar-refractivity contribution in [1.82, 2.24) is 5.43 Å². The molecule has 0 radical (unpaired) electrons. The number of nitrogens with one attached hydrogen (secondary N) is 1. The number of benzene rings is 2. The first kappa shape index (κ1) is 17.8. The highest BCUT2D eigenvalue weighted by Crippen LogP contribution is 2.20. The third kappa shape index (κ3) is 5.28. The van der Waals surface area contributed by atoms with Crippen molar-refractivity contribution in [2.75, 3.05) is 13.2 Å². The summed E-state index contributed by atoms with van der Waals surface area (Å²) < 4.78 is 10.9. The molecule has 2 aromatic carbocycles. The molecule has 0 heterocycles. The first-order valence-electron chi connectivity index (χ1n) is 7.53. The SMILES string of the molecule is CCOc1ccccc1/C=N/NC(=O)COc1ccc(Cl)c(C)c1. The number of hydrogen-bond donors (Lipinski definition) is 1. The summed E-state index contributed by atoms with van der Waals surface area (Å²) in [4.78, 5) is 11.8. The predicted octanol–water partition coefficient (Wildman–Crippen LogP) is 3.58. The van der Waals surface area contributed by atoms with Crippen molar-refractivity contribution in [3.05, 3.63) is 58.6 Å². The van der Waals surface area contributed by atoms with Crippen LogP contribution in [0.15, 0.2) is 47.6 Å². The van der Waals surface area contributed by atoms with Crippen LogP contribution in [-0.2, 0) is 4.79 Å². The Balaban J connectivity index is 1.85. The van der Waals surface area contributed by atoms with Crippen LogP contribution in [-0.4, -0.2) is 25.3 Å². The van der Waals surface area contributed by atoms with Crippen LogP contribution in [0.3, 0.4) is 0 Å². The van der Waals surface area contributed by atoms with Gasteiger partial charge in [-0.1, -0.05) is 23.7 Å². The Kier molecular flexibility index (Phi) is 6.63. The number of carbonyl (C=O) groups excluding carboxylic acids is 1. The maximum absolute atomic E-state index is 11.8. The van der Waals surface area contributed by atoms with Crippen molar-refractivity contribution in [1.29, 1.82) is 0 Å². The average Bonchev–Trinajstić information content (AvgIpc) is 2.58. The van der Waals surface area contributed by atoms with E-state index in [-0.39, 0.29) is 12.5 Å². The van der Waals surface area contributed by atoms with E-state index in [1.807, 2.05) is 38.1 Å². The molecule has 0 bridgehead atoms. The number of nitrogens with zero attached hydrogens (tertiary/aromatic N) is 1. The highest BCUT2D eigenvalue weighted by molar-refractivity contribution is 6.31. The van der Waals surface area contributed by atoms with Gasteiger partial charge in [0, 0.05) is 10.6 Å². The molecule has 5 nitrogen and oxygen atoms in total. The van der Waals surface area contributed by atoms with Gasteiger partial charge in [-0.3, -0.25) is 4.79 Å². The molecule has 0 aromatic heterocycles. The molecule has 0 atom stereocenters. The molecule has 2 aromatic rings. The predicted molar refractivity (Wildman–Crippen MR) is 95.0 cm³/mol. The summed E-state index contributed by atoms with van der Waals surface area (Å²) in [5.74, 6) is 0.941. The number of hydrazone groups is 1. The second-order valence-corrected chi connectivity index (χ2v) is 5.37. The van der Waals surface area contributed by atoms with Crippen LogP contribution < -0.4 is 14.9 Å². The molecule has 24 heavy (non-hydrogen) atoms. The van der Waals surface area contributed by atoms with E-state index in [9.17, 15) is 4.79 Å². The first-order valence-corrected chi connectivity index (χ1v) is 7.90. The molecule has 0 unspecified atom stereocenters. The Morgan fingerprint density at radius 1 is 1.25 bits per heavy atom. The number of ether oxygens (including phenoxy) is 2. The Bertz CT molecular complexity index is 732. The molecule has 0 saturated carbocycles. The highest BCUT2D eigenvalue weighted by Gasteiger charge is 2.04. The van der Waals surface area contributed by atoms with Gasteiger partial charge in [0.2, 0.25) is 0 Å². The fraction of sp³-hybridized carbons (Fsp3) is 0.222. The van der Waals surface area contributed by atoms with E-state index in [2.05, 4.69) is 10.5 Å². The second-order valence-electron chi connectivity index (χ2n) is 4.96. The topological polar surface area (TPSA) is 59.9 Å². The van der Waals surface area contributed by atoms with Crippen molar-refractivity contribution in [3.63, 3.8) is 0 Å². The molecule has 0 aliphatic heterocycles. The molecule has 1 amide bonds. The van der Waals surface area contributed by atoms with Crippen molar-refractivity contribution in [2.24, 2.45) is 5.10 Å². The fourth-order valence-electron chi connectivity index (χ4n) is 1.94. The van der Waals surface area contributed by atoms with E-state index in [1.54, 1.807) is 18.2 Å². The summed E-state index contributed by atoms with van der Waals surface area (Å²) in [6.07, 6.45) is 1.54. The van der Waals surface area contributed by atoms with E-state index < -0.39 is 0 Å². The van der Waals surface area contributed by atoms with Gasteiger partial charge in [-0.2, -0.15) is 5.10 Å². The molecule has 0 spiro atoms. The zero-order chi connectivity index (χ0) is 17.4. The van der Waals surface area contributed by atoms with Gasteiger partial charge in [-0.25, -0.2) is 5.43 Å². The molecule has 0 aliphatic rings. The largest absolute Gasteiger partial charge is 0.493 e. The maximum Gasteiger partial charge on any atom is 0.277 e. The number of rotatable bonds is 7. The zero-order valence-corrected chi connectivity index (χ0v) is 14.3. The minimum Gasteiger partial charge on any atom is -0.493 e. The lowest BCUT2D eigenvalue weighted by molar-refractivity contribution is -0.123. The fourth-order valence-corrected chi connectivity index (χ4v) is 2.05. The summed E-state index contributed by atoms with van der Waals surface area (Å²) in [6.45, 7) is 4.21. The lowest BCUT2D eigenvalue weighted by atomic mass is 10.2. The van der Waals surface area contributed by atoms with Crippen molar-refractivity contribution < 1.29 is 14.3 Å². The van der Waals surface area contributed by atoms with Gasteiger partial charge in [0.15, 0.2) is 6.61 Å². The number of aryl methyl sites for hydroxylation is 1. The summed E-state index contributed by atoms with van der Waals surface area (Å²) in [7, 11) is 0. The average molecular weight is 347 g/mol.